The van der Waals surface area contributed by atoms with Crippen LogP contribution in [0.5, 0.6) is 0 Å². The molecule has 0 saturated carbocycles. The highest BCUT2D eigenvalue weighted by Crippen LogP contribution is 2.19. The number of azide groups is 1. The van der Waals surface area contributed by atoms with E-state index in [9.17, 15) is 0 Å². The number of rotatable bonds is 2. The van der Waals surface area contributed by atoms with Gasteiger partial charge in [-0.3, -0.25) is 0 Å². The van der Waals surface area contributed by atoms with Gasteiger partial charge in [0.2, 0.25) is 0 Å². The maximum Gasteiger partial charge on any atom is 0.0517 e. The average molecular weight is 186 g/mol. The van der Waals surface area contributed by atoms with Gasteiger partial charge in [0, 0.05) is 29.1 Å². The first-order valence-electron chi connectivity index (χ1n) is 4.36. The first-order chi connectivity index (χ1) is 6.83. The largest absolute Gasteiger partial charge is 0.351 e. The summed E-state index contributed by atoms with van der Waals surface area (Å²) in [4.78, 5) is 2.76. The number of aryl methyl sites for hydroxylation is 1. The lowest BCUT2D eigenvalue weighted by atomic mass is 10.1. The van der Waals surface area contributed by atoms with E-state index in [4.69, 9.17) is 5.53 Å². The van der Waals surface area contributed by atoms with Crippen LogP contribution in [0.1, 0.15) is 5.56 Å². The molecule has 0 spiro atoms. The molecule has 1 aromatic heterocycles. The topological polar surface area (TPSA) is 53.7 Å². The molecular weight excluding hydrogens is 176 g/mol. The van der Waals surface area contributed by atoms with Crippen LogP contribution in [-0.4, -0.2) is 4.57 Å². The number of nitrogens with zero attached hydrogens (tertiary/aromatic N) is 4. The van der Waals surface area contributed by atoms with Gasteiger partial charge in [-0.25, -0.2) is 0 Å². The molecule has 14 heavy (non-hydrogen) atoms. The van der Waals surface area contributed by atoms with Crippen LogP contribution >= 0.6 is 0 Å². The number of benzene rings is 1. The third kappa shape index (κ3) is 1.32. The molecule has 2 rings (SSSR count). The van der Waals surface area contributed by atoms with Crippen molar-refractivity contribution >= 4 is 10.9 Å². The maximum atomic E-state index is 8.26. The van der Waals surface area contributed by atoms with Gasteiger partial charge in [0.15, 0.2) is 0 Å². The van der Waals surface area contributed by atoms with E-state index in [2.05, 4.69) is 20.7 Å². The third-order valence-electron chi connectivity index (χ3n) is 2.32. The molecule has 0 bridgehead atoms. The second-order valence-electron chi connectivity index (χ2n) is 3.17. The van der Waals surface area contributed by atoms with E-state index in [0.717, 1.165) is 16.5 Å². The van der Waals surface area contributed by atoms with Crippen molar-refractivity contribution in [2.75, 3.05) is 0 Å². The van der Waals surface area contributed by atoms with Crippen molar-refractivity contribution in [3.8, 4) is 0 Å². The van der Waals surface area contributed by atoms with Gasteiger partial charge in [0.25, 0.3) is 0 Å². The van der Waals surface area contributed by atoms with Crippen molar-refractivity contribution in [1.29, 1.82) is 0 Å². The molecule has 1 heterocycles. The van der Waals surface area contributed by atoms with E-state index < -0.39 is 0 Å². The molecule has 0 saturated heterocycles. The van der Waals surface area contributed by atoms with Crippen LogP contribution in [0.15, 0.2) is 35.6 Å². The normalized spacial score (nSPS) is 10.1. The van der Waals surface area contributed by atoms with Crippen LogP contribution in [0.3, 0.4) is 0 Å². The summed E-state index contributed by atoms with van der Waals surface area (Å²) in [7, 11) is 2.00. The molecule has 0 aliphatic heterocycles. The Hall–Kier alpha value is -1.93. The minimum absolute atomic E-state index is 0.415. The molecule has 0 aliphatic rings. The van der Waals surface area contributed by atoms with Crippen molar-refractivity contribution < 1.29 is 0 Å². The van der Waals surface area contributed by atoms with Gasteiger partial charge in [0.1, 0.15) is 0 Å². The summed E-state index contributed by atoms with van der Waals surface area (Å²) in [6.45, 7) is 0.415. The summed E-state index contributed by atoms with van der Waals surface area (Å²) >= 11 is 0. The Labute approximate surface area is 81.4 Å². The molecule has 0 N–H and O–H groups in total. The van der Waals surface area contributed by atoms with Crippen LogP contribution in [0.4, 0.5) is 0 Å². The van der Waals surface area contributed by atoms with Crippen LogP contribution in [-0.2, 0) is 13.6 Å². The molecule has 2 aromatic rings. The lowest BCUT2D eigenvalue weighted by Gasteiger charge is -2.00. The fraction of sp³-hybridized carbons (Fsp3) is 0.200. The van der Waals surface area contributed by atoms with Crippen molar-refractivity contribution in [1.82, 2.24) is 4.57 Å². The van der Waals surface area contributed by atoms with Gasteiger partial charge in [-0.1, -0.05) is 17.2 Å². The predicted molar refractivity (Wildman–Crippen MR) is 55.8 cm³/mol. The van der Waals surface area contributed by atoms with Gasteiger partial charge in [-0.2, -0.15) is 0 Å². The molecular formula is C10H10N4. The molecule has 4 heteroatoms. The van der Waals surface area contributed by atoms with Crippen LogP contribution < -0.4 is 0 Å². The highest BCUT2D eigenvalue weighted by Gasteiger charge is 2.01. The molecule has 0 radical (unpaired) electrons. The fourth-order valence-corrected chi connectivity index (χ4v) is 1.61. The summed E-state index contributed by atoms with van der Waals surface area (Å²) in [6, 6.07) is 8.05. The SMILES string of the molecule is Cn1ccc2c(CN=[N+]=[N-])cccc21. The zero-order valence-electron chi connectivity index (χ0n) is 7.88. The van der Waals surface area contributed by atoms with E-state index in [1.54, 1.807) is 0 Å². The van der Waals surface area contributed by atoms with E-state index in [1.165, 1.54) is 0 Å². The van der Waals surface area contributed by atoms with Gasteiger partial charge < -0.3 is 4.57 Å². The zero-order chi connectivity index (χ0) is 9.97. The summed E-state index contributed by atoms with van der Waals surface area (Å²) in [5, 5.41) is 4.73. The van der Waals surface area contributed by atoms with Gasteiger partial charge in [-0.05, 0) is 23.2 Å². The molecule has 0 atom stereocenters. The Kier molecular flexibility index (Phi) is 2.13. The second-order valence-corrected chi connectivity index (χ2v) is 3.17. The fourth-order valence-electron chi connectivity index (χ4n) is 1.61. The number of fused-ring (bicyclic) bond motifs is 1. The van der Waals surface area contributed by atoms with Gasteiger partial charge >= 0.3 is 0 Å². The highest BCUT2D eigenvalue weighted by atomic mass is 15.1. The highest BCUT2D eigenvalue weighted by molar-refractivity contribution is 5.83. The standard InChI is InChI=1S/C10H10N4/c1-14-6-5-9-8(7-12-13-11)3-2-4-10(9)14/h2-6H,7H2,1H3. The maximum absolute atomic E-state index is 8.26. The quantitative estimate of drug-likeness (QED) is 0.393. The predicted octanol–water partition coefficient (Wildman–Crippen LogP) is 2.99. The first-order valence-corrected chi connectivity index (χ1v) is 4.36. The molecule has 4 nitrogen and oxygen atoms in total. The molecule has 0 fully saturated rings. The minimum Gasteiger partial charge on any atom is -0.351 e. The Morgan fingerprint density at radius 2 is 2.29 bits per heavy atom. The monoisotopic (exact) mass is 186 g/mol. The van der Waals surface area contributed by atoms with Crippen molar-refractivity contribution in [3.05, 3.63) is 46.5 Å². The van der Waals surface area contributed by atoms with Crippen LogP contribution in [0, 0.1) is 0 Å². The third-order valence-corrected chi connectivity index (χ3v) is 2.32. The Balaban J connectivity index is 2.59. The number of aromatic nitrogens is 1. The zero-order valence-corrected chi connectivity index (χ0v) is 7.88. The van der Waals surface area contributed by atoms with Crippen molar-refractivity contribution in [2.45, 2.75) is 6.54 Å². The molecule has 0 unspecified atom stereocenters. The van der Waals surface area contributed by atoms with E-state index in [-0.39, 0.29) is 0 Å². The van der Waals surface area contributed by atoms with E-state index in [1.807, 2.05) is 31.4 Å². The van der Waals surface area contributed by atoms with Crippen LogP contribution in [0.25, 0.3) is 21.3 Å². The molecule has 1 aromatic carbocycles. The molecule has 0 amide bonds. The molecule has 70 valence electrons. The summed E-state index contributed by atoms with van der Waals surface area (Å²) in [5.74, 6) is 0. The second kappa shape index (κ2) is 3.44. The number of hydrogen-bond acceptors (Lipinski definition) is 1. The minimum atomic E-state index is 0.415. The summed E-state index contributed by atoms with van der Waals surface area (Å²) in [5.41, 5.74) is 10.5. The van der Waals surface area contributed by atoms with Gasteiger partial charge in [-0.15, -0.1) is 0 Å². The van der Waals surface area contributed by atoms with Crippen LogP contribution in [0.2, 0.25) is 0 Å². The smallest absolute Gasteiger partial charge is 0.0517 e. The van der Waals surface area contributed by atoms with E-state index in [0.29, 0.717) is 6.54 Å². The lowest BCUT2D eigenvalue weighted by molar-refractivity contribution is 0.968. The molecule has 0 aliphatic carbocycles. The summed E-state index contributed by atoms with van der Waals surface area (Å²) < 4.78 is 2.05. The Bertz CT molecular complexity index is 506. The summed E-state index contributed by atoms with van der Waals surface area (Å²) in [6.07, 6.45) is 2.00. The first kappa shape index (κ1) is 8.66. The van der Waals surface area contributed by atoms with E-state index >= 15 is 0 Å². The Morgan fingerprint density at radius 3 is 3.07 bits per heavy atom. The number of hydrogen-bond donors (Lipinski definition) is 0. The van der Waals surface area contributed by atoms with Gasteiger partial charge in [0.05, 0.1) is 6.54 Å². The average Bonchev–Trinajstić information content (AvgIpc) is 2.58. The lowest BCUT2D eigenvalue weighted by Crippen LogP contribution is -1.85. The van der Waals surface area contributed by atoms with Crippen molar-refractivity contribution in [3.63, 3.8) is 0 Å². The van der Waals surface area contributed by atoms with Crippen molar-refractivity contribution in [2.24, 2.45) is 12.2 Å². The Morgan fingerprint density at radius 1 is 1.43 bits per heavy atom.